The third kappa shape index (κ3) is 3.66. The summed E-state index contributed by atoms with van der Waals surface area (Å²) >= 11 is 0. The summed E-state index contributed by atoms with van der Waals surface area (Å²) in [6.45, 7) is 0.769. The molecule has 1 atom stereocenters. The lowest BCUT2D eigenvalue weighted by atomic mass is 10.3. The Hall–Kier alpha value is -2.18. The Morgan fingerprint density at radius 3 is 2.77 bits per heavy atom. The molecule has 1 unspecified atom stereocenters. The van der Waals surface area contributed by atoms with Gasteiger partial charge in [0.05, 0.1) is 5.69 Å². The van der Waals surface area contributed by atoms with Crippen molar-refractivity contribution in [3.05, 3.63) is 35.8 Å². The lowest BCUT2D eigenvalue weighted by Crippen LogP contribution is -2.43. The largest absolute Gasteiger partial charge is 0.511 e. The number of hydrogen-bond acceptors (Lipinski definition) is 5. The second-order valence-corrected chi connectivity index (χ2v) is 7.67. The number of nitrogens with zero attached hydrogens (tertiary/aromatic N) is 3. The summed E-state index contributed by atoms with van der Waals surface area (Å²) in [5.74, 6) is -1.11. The second-order valence-electron chi connectivity index (χ2n) is 5.96. The summed E-state index contributed by atoms with van der Waals surface area (Å²) < 4.78 is 62.7. The zero-order chi connectivity index (χ0) is 19.1. The SMILES string of the molecule is O=C(O)c1cccc2nc(CN3CCC(NS(=O)(=O)C(F)(F)F)C3)cn12. The minimum absolute atomic E-state index is 0.0403. The van der Waals surface area contributed by atoms with Crippen LogP contribution in [0.25, 0.3) is 5.65 Å². The molecule has 0 aliphatic carbocycles. The molecule has 2 aromatic rings. The van der Waals surface area contributed by atoms with E-state index in [-0.39, 0.29) is 25.2 Å². The van der Waals surface area contributed by atoms with Gasteiger partial charge >= 0.3 is 21.5 Å². The number of carboxylic acids is 1. The van der Waals surface area contributed by atoms with Crippen molar-refractivity contribution in [2.75, 3.05) is 13.1 Å². The van der Waals surface area contributed by atoms with E-state index in [0.717, 1.165) is 0 Å². The fraction of sp³-hybridized carbons (Fsp3) is 0.429. The number of sulfonamides is 1. The number of likely N-dealkylation sites (tertiary alicyclic amines) is 1. The maximum Gasteiger partial charge on any atom is 0.511 e. The summed E-state index contributed by atoms with van der Waals surface area (Å²) in [5.41, 5.74) is -4.32. The first-order valence-corrected chi connectivity index (χ1v) is 9.06. The molecule has 3 heterocycles. The Kier molecular flexibility index (Phi) is 4.67. The highest BCUT2D eigenvalue weighted by molar-refractivity contribution is 7.90. The second kappa shape index (κ2) is 6.52. The van der Waals surface area contributed by atoms with Gasteiger partial charge < -0.3 is 5.11 Å². The molecule has 1 aliphatic heterocycles. The van der Waals surface area contributed by atoms with Gasteiger partial charge in [0.25, 0.3) is 0 Å². The standard InChI is InChI=1S/C14H15F3N4O4S/c15-14(16,17)26(24,25)19-9-4-5-20(6-9)7-10-8-21-11(13(22)23)2-1-3-12(21)18-10/h1-3,8-9,19H,4-7H2,(H,22,23). The van der Waals surface area contributed by atoms with E-state index < -0.39 is 27.5 Å². The van der Waals surface area contributed by atoms with Gasteiger partial charge in [0.15, 0.2) is 0 Å². The Bertz CT molecular complexity index is 941. The van der Waals surface area contributed by atoms with Crippen LogP contribution in [0, 0.1) is 0 Å². The summed E-state index contributed by atoms with van der Waals surface area (Å²) in [4.78, 5) is 17.3. The van der Waals surface area contributed by atoms with E-state index in [9.17, 15) is 26.4 Å². The third-order valence-electron chi connectivity index (χ3n) is 4.05. The summed E-state index contributed by atoms with van der Waals surface area (Å²) in [6, 6.07) is 3.79. The van der Waals surface area contributed by atoms with Crippen LogP contribution in [0.2, 0.25) is 0 Å². The molecular weight excluding hydrogens is 377 g/mol. The number of aromatic nitrogens is 2. The van der Waals surface area contributed by atoms with Crippen LogP contribution in [0.3, 0.4) is 0 Å². The number of halogens is 3. The average molecular weight is 392 g/mol. The van der Waals surface area contributed by atoms with Crippen LogP contribution in [-0.4, -0.2) is 58.4 Å². The van der Waals surface area contributed by atoms with E-state index in [1.54, 1.807) is 28.0 Å². The highest BCUT2D eigenvalue weighted by Crippen LogP contribution is 2.24. The first-order chi connectivity index (χ1) is 12.1. The van der Waals surface area contributed by atoms with Gasteiger partial charge in [0.2, 0.25) is 0 Å². The minimum atomic E-state index is -5.37. The fourth-order valence-corrected chi connectivity index (χ4v) is 3.66. The van der Waals surface area contributed by atoms with Crippen molar-refractivity contribution in [1.29, 1.82) is 0 Å². The van der Waals surface area contributed by atoms with Crippen molar-refractivity contribution < 1.29 is 31.5 Å². The normalized spacial score (nSPS) is 19.3. The predicted octanol–water partition coefficient (Wildman–Crippen LogP) is 1.05. The quantitative estimate of drug-likeness (QED) is 0.788. The van der Waals surface area contributed by atoms with Gasteiger partial charge in [-0.05, 0) is 18.6 Å². The van der Waals surface area contributed by atoms with Crippen molar-refractivity contribution >= 4 is 21.6 Å². The van der Waals surface area contributed by atoms with Gasteiger partial charge in [-0.1, -0.05) is 6.07 Å². The summed E-state index contributed by atoms with van der Waals surface area (Å²) in [5, 5.41) is 9.17. The number of carboxylic acid groups (broad SMARTS) is 1. The van der Waals surface area contributed by atoms with E-state index in [1.165, 1.54) is 10.5 Å². The van der Waals surface area contributed by atoms with Crippen molar-refractivity contribution in [1.82, 2.24) is 19.0 Å². The summed E-state index contributed by atoms with van der Waals surface area (Å²) in [7, 11) is -5.37. The molecule has 12 heteroatoms. The van der Waals surface area contributed by atoms with Gasteiger partial charge in [0.1, 0.15) is 11.3 Å². The number of carbonyl (C=O) groups is 1. The molecule has 1 aliphatic rings. The number of pyridine rings is 1. The number of rotatable bonds is 5. The van der Waals surface area contributed by atoms with Crippen LogP contribution in [0.1, 0.15) is 22.6 Å². The molecule has 3 rings (SSSR count). The Labute approximate surface area is 146 Å². The summed E-state index contributed by atoms with van der Waals surface area (Å²) in [6.07, 6.45) is 1.79. The van der Waals surface area contributed by atoms with Crippen LogP contribution < -0.4 is 4.72 Å². The Morgan fingerprint density at radius 1 is 1.38 bits per heavy atom. The van der Waals surface area contributed by atoms with Crippen molar-refractivity contribution in [3.8, 4) is 0 Å². The van der Waals surface area contributed by atoms with Crippen LogP contribution in [0.4, 0.5) is 13.2 Å². The molecule has 2 aromatic heterocycles. The molecule has 142 valence electrons. The van der Waals surface area contributed by atoms with Gasteiger partial charge in [-0.3, -0.25) is 9.30 Å². The van der Waals surface area contributed by atoms with E-state index in [1.807, 2.05) is 0 Å². The Morgan fingerprint density at radius 2 is 2.12 bits per heavy atom. The predicted molar refractivity (Wildman–Crippen MR) is 83.9 cm³/mol. The molecule has 0 aromatic carbocycles. The van der Waals surface area contributed by atoms with Gasteiger partial charge in [-0.15, -0.1) is 0 Å². The number of fused-ring (bicyclic) bond motifs is 1. The Balaban J connectivity index is 1.69. The van der Waals surface area contributed by atoms with E-state index in [2.05, 4.69) is 4.98 Å². The zero-order valence-corrected chi connectivity index (χ0v) is 14.1. The number of nitrogens with one attached hydrogen (secondary N) is 1. The number of imidazole rings is 1. The van der Waals surface area contributed by atoms with Gasteiger partial charge in [0, 0.05) is 31.9 Å². The zero-order valence-electron chi connectivity index (χ0n) is 13.3. The highest BCUT2D eigenvalue weighted by atomic mass is 32.2. The lowest BCUT2D eigenvalue weighted by Gasteiger charge is -2.16. The molecule has 26 heavy (non-hydrogen) atoms. The molecule has 0 spiro atoms. The van der Waals surface area contributed by atoms with Gasteiger partial charge in [-0.2, -0.15) is 13.2 Å². The molecule has 8 nitrogen and oxygen atoms in total. The van der Waals surface area contributed by atoms with Crippen molar-refractivity contribution in [2.45, 2.75) is 24.5 Å². The number of alkyl halides is 3. The molecule has 1 saturated heterocycles. The minimum Gasteiger partial charge on any atom is -0.477 e. The van der Waals surface area contributed by atoms with Crippen LogP contribution in [0.5, 0.6) is 0 Å². The third-order valence-corrected chi connectivity index (χ3v) is 5.30. The first-order valence-electron chi connectivity index (χ1n) is 7.58. The smallest absolute Gasteiger partial charge is 0.477 e. The number of hydrogen-bond donors (Lipinski definition) is 2. The average Bonchev–Trinajstić information content (AvgIpc) is 3.11. The van der Waals surface area contributed by atoms with Crippen LogP contribution in [-0.2, 0) is 16.6 Å². The van der Waals surface area contributed by atoms with E-state index in [4.69, 9.17) is 5.11 Å². The molecule has 0 bridgehead atoms. The number of aromatic carboxylic acids is 1. The van der Waals surface area contributed by atoms with Crippen LogP contribution in [0.15, 0.2) is 24.4 Å². The van der Waals surface area contributed by atoms with E-state index in [0.29, 0.717) is 17.9 Å². The fourth-order valence-electron chi connectivity index (χ4n) is 2.90. The van der Waals surface area contributed by atoms with Gasteiger partial charge in [-0.25, -0.2) is 22.9 Å². The molecule has 0 amide bonds. The highest BCUT2D eigenvalue weighted by Gasteiger charge is 2.47. The molecule has 2 N–H and O–H groups in total. The lowest BCUT2D eigenvalue weighted by molar-refractivity contribution is -0.0450. The molecular formula is C14H15F3N4O4S. The molecule has 0 radical (unpaired) electrons. The van der Waals surface area contributed by atoms with Crippen molar-refractivity contribution in [2.24, 2.45) is 0 Å². The van der Waals surface area contributed by atoms with Crippen molar-refractivity contribution in [3.63, 3.8) is 0 Å². The van der Waals surface area contributed by atoms with E-state index >= 15 is 0 Å². The van der Waals surface area contributed by atoms with Crippen LogP contribution >= 0.6 is 0 Å². The molecule has 1 fully saturated rings. The maximum atomic E-state index is 12.4. The first kappa shape index (κ1) is 18.6. The monoisotopic (exact) mass is 392 g/mol. The topological polar surface area (TPSA) is 104 Å². The molecule has 0 saturated carbocycles. The maximum absolute atomic E-state index is 12.4.